The molecular formula is C21H25N3O2. The second-order valence-electron chi connectivity index (χ2n) is 6.55. The molecule has 0 unspecified atom stereocenters. The molecule has 0 aliphatic carbocycles. The summed E-state index contributed by atoms with van der Waals surface area (Å²) in [5, 5.41) is 0. The van der Waals surface area contributed by atoms with E-state index in [-0.39, 0.29) is 11.8 Å². The number of rotatable bonds is 4. The Kier molecular flexibility index (Phi) is 6.00. The maximum Gasteiger partial charge on any atom is 0.259 e. The zero-order chi connectivity index (χ0) is 18.4. The van der Waals surface area contributed by atoms with Crippen molar-refractivity contribution in [3.63, 3.8) is 0 Å². The first-order valence-electron chi connectivity index (χ1n) is 9.32. The van der Waals surface area contributed by atoms with Gasteiger partial charge < -0.3 is 9.80 Å². The summed E-state index contributed by atoms with van der Waals surface area (Å²) in [6.45, 7) is 4.04. The molecule has 0 saturated carbocycles. The van der Waals surface area contributed by atoms with Crippen molar-refractivity contribution in [3.8, 4) is 0 Å². The van der Waals surface area contributed by atoms with E-state index in [9.17, 15) is 9.59 Å². The number of likely N-dealkylation sites (tertiary alicyclic amines) is 1. The second kappa shape index (κ2) is 8.61. The van der Waals surface area contributed by atoms with E-state index in [1.165, 1.54) is 19.0 Å². The van der Waals surface area contributed by atoms with E-state index >= 15 is 0 Å². The molecule has 0 bridgehead atoms. The van der Waals surface area contributed by atoms with E-state index in [1.54, 1.807) is 17.2 Å². The van der Waals surface area contributed by atoms with Gasteiger partial charge in [-0.05, 0) is 38.0 Å². The molecule has 26 heavy (non-hydrogen) atoms. The molecule has 5 nitrogen and oxygen atoms in total. The summed E-state index contributed by atoms with van der Waals surface area (Å²) in [4.78, 5) is 33.5. The number of amides is 2. The molecule has 2 heterocycles. The molecule has 0 spiro atoms. The number of hydrogen-bond acceptors (Lipinski definition) is 3. The topological polar surface area (TPSA) is 53.5 Å². The van der Waals surface area contributed by atoms with Crippen LogP contribution in [0.3, 0.4) is 0 Å². The molecule has 5 heteroatoms. The Labute approximate surface area is 154 Å². The lowest BCUT2D eigenvalue weighted by Crippen LogP contribution is -2.33. The van der Waals surface area contributed by atoms with Crippen molar-refractivity contribution in [2.24, 2.45) is 0 Å². The maximum atomic E-state index is 12.9. The highest BCUT2D eigenvalue weighted by molar-refractivity contribution is 6.07. The van der Waals surface area contributed by atoms with E-state index < -0.39 is 0 Å². The van der Waals surface area contributed by atoms with Crippen molar-refractivity contribution in [1.29, 1.82) is 0 Å². The molecule has 0 radical (unpaired) electrons. The standard InChI is InChI=1S/C21H25N3O2/c1-2-24(19-10-6-5-7-11-19)21(26)18-14-17(15-22-16-18)20(25)23-12-8-3-4-9-13-23/h5-7,10-11,14-16H,2-4,8-9,12-13H2,1H3. The smallest absolute Gasteiger partial charge is 0.259 e. The number of hydrogen-bond donors (Lipinski definition) is 0. The predicted molar refractivity (Wildman–Crippen MR) is 102 cm³/mol. The number of carbonyl (C=O) groups excluding carboxylic acids is 2. The van der Waals surface area contributed by atoms with Gasteiger partial charge in [0.2, 0.25) is 0 Å². The van der Waals surface area contributed by atoms with Crippen LogP contribution in [0.1, 0.15) is 53.3 Å². The Morgan fingerprint density at radius 1 is 1.00 bits per heavy atom. The highest BCUT2D eigenvalue weighted by atomic mass is 16.2. The number of carbonyl (C=O) groups is 2. The molecule has 1 aromatic carbocycles. The minimum atomic E-state index is -0.142. The van der Waals surface area contributed by atoms with Gasteiger partial charge in [0.05, 0.1) is 11.1 Å². The van der Waals surface area contributed by atoms with Crippen LogP contribution in [-0.2, 0) is 0 Å². The third kappa shape index (κ3) is 4.10. The summed E-state index contributed by atoms with van der Waals surface area (Å²) in [6.07, 6.45) is 7.51. The fourth-order valence-electron chi connectivity index (χ4n) is 3.34. The fraction of sp³-hybridized carbons (Fsp3) is 0.381. The Morgan fingerprint density at radius 2 is 1.65 bits per heavy atom. The number of anilines is 1. The molecule has 1 aliphatic rings. The van der Waals surface area contributed by atoms with E-state index in [0.717, 1.165) is 31.6 Å². The second-order valence-corrected chi connectivity index (χ2v) is 6.55. The van der Waals surface area contributed by atoms with Gasteiger partial charge in [-0.1, -0.05) is 31.0 Å². The normalized spacial score (nSPS) is 14.6. The molecule has 136 valence electrons. The zero-order valence-corrected chi connectivity index (χ0v) is 15.2. The van der Waals surface area contributed by atoms with Crippen LogP contribution in [0.25, 0.3) is 0 Å². The number of para-hydroxylation sites is 1. The van der Waals surface area contributed by atoms with Gasteiger partial charge in [0.15, 0.2) is 0 Å². The van der Waals surface area contributed by atoms with Crippen molar-refractivity contribution >= 4 is 17.5 Å². The summed E-state index contributed by atoms with van der Waals surface area (Å²) in [5.74, 6) is -0.173. The van der Waals surface area contributed by atoms with E-state index in [4.69, 9.17) is 0 Å². The summed E-state index contributed by atoms with van der Waals surface area (Å²) in [7, 11) is 0. The first-order valence-corrected chi connectivity index (χ1v) is 9.32. The molecular weight excluding hydrogens is 326 g/mol. The average Bonchev–Trinajstić information content (AvgIpc) is 2.98. The Bertz CT molecular complexity index is 753. The van der Waals surface area contributed by atoms with Crippen LogP contribution >= 0.6 is 0 Å². The van der Waals surface area contributed by atoms with Gasteiger partial charge >= 0.3 is 0 Å². The Hall–Kier alpha value is -2.69. The Morgan fingerprint density at radius 3 is 2.31 bits per heavy atom. The van der Waals surface area contributed by atoms with Crippen LogP contribution in [0.5, 0.6) is 0 Å². The van der Waals surface area contributed by atoms with Gasteiger partial charge in [0, 0.05) is 37.7 Å². The molecule has 1 saturated heterocycles. The van der Waals surface area contributed by atoms with Crippen LogP contribution < -0.4 is 4.90 Å². The molecule has 1 aliphatic heterocycles. The summed E-state index contributed by atoms with van der Waals surface area (Å²) in [5.41, 5.74) is 1.77. The third-order valence-corrected chi connectivity index (χ3v) is 4.75. The number of pyridine rings is 1. The van der Waals surface area contributed by atoms with Gasteiger partial charge in [0.25, 0.3) is 11.8 Å². The minimum absolute atomic E-state index is 0.0307. The van der Waals surface area contributed by atoms with Crippen LogP contribution in [0.15, 0.2) is 48.8 Å². The fourth-order valence-corrected chi connectivity index (χ4v) is 3.34. The summed E-state index contributed by atoms with van der Waals surface area (Å²) < 4.78 is 0. The van der Waals surface area contributed by atoms with Crippen molar-refractivity contribution in [2.45, 2.75) is 32.6 Å². The SMILES string of the molecule is CCN(C(=O)c1cncc(C(=O)N2CCCCCC2)c1)c1ccccc1. The highest BCUT2D eigenvalue weighted by Gasteiger charge is 2.21. The summed E-state index contributed by atoms with van der Waals surface area (Å²) >= 11 is 0. The largest absolute Gasteiger partial charge is 0.339 e. The molecule has 3 rings (SSSR count). The van der Waals surface area contributed by atoms with Crippen LogP contribution in [0.4, 0.5) is 5.69 Å². The van der Waals surface area contributed by atoms with E-state index in [2.05, 4.69) is 4.98 Å². The van der Waals surface area contributed by atoms with Crippen LogP contribution in [-0.4, -0.2) is 41.3 Å². The van der Waals surface area contributed by atoms with Gasteiger partial charge in [-0.2, -0.15) is 0 Å². The molecule has 0 N–H and O–H groups in total. The Balaban J connectivity index is 1.81. The lowest BCUT2D eigenvalue weighted by molar-refractivity contribution is 0.0761. The molecule has 1 aromatic heterocycles. The van der Waals surface area contributed by atoms with Crippen molar-refractivity contribution in [3.05, 3.63) is 59.9 Å². The highest BCUT2D eigenvalue weighted by Crippen LogP contribution is 2.18. The lowest BCUT2D eigenvalue weighted by Gasteiger charge is -2.22. The average molecular weight is 351 g/mol. The van der Waals surface area contributed by atoms with Gasteiger partial charge in [0.1, 0.15) is 0 Å². The number of aromatic nitrogens is 1. The van der Waals surface area contributed by atoms with Gasteiger partial charge in [-0.15, -0.1) is 0 Å². The zero-order valence-electron chi connectivity index (χ0n) is 15.2. The number of benzene rings is 1. The summed E-state index contributed by atoms with van der Waals surface area (Å²) in [6, 6.07) is 11.2. The number of nitrogens with zero attached hydrogens (tertiary/aromatic N) is 3. The molecule has 2 aromatic rings. The maximum absolute atomic E-state index is 12.9. The van der Waals surface area contributed by atoms with Gasteiger partial charge in [-0.3, -0.25) is 14.6 Å². The molecule has 0 atom stereocenters. The van der Waals surface area contributed by atoms with Crippen molar-refractivity contribution in [2.75, 3.05) is 24.5 Å². The molecule has 1 fully saturated rings. The predicted octanol–water partition coefficient (Wildman–Crippen LogP) is 3.76. The monoisotopic (exact) mass is 351 g/mol. The third-order valence-electron chi connectivity index (χ3n) is 4.75. The minimum Gasteiger partial charge on any atom is -0.339 e. The molecule has 2 amide bonds. The van der Waals surface area contributed by atoms with Crippen LogP contribution in [0.2, 0.25) is 0 Å². The lowest BCUT2D eigenvalue weighted by atomic mass is 10.1. The quantitative estimate of drug-likeness (QED) is 0.843. The van der Waals surface area contributed by atoms with E-state index in [1.807, 2.05) is 42.2 Å². The van der Waals surface area contributed by atoms with Crippen LogP contribution in [0, 0.1) is 0 Å². The van der Waals surface area contributed by atoms with Crippen molar-refractivity contribution in [1.82, 2.24) is 9.88 Å². The first-order chi connectivity index (χ1) is 12.7. The van der Waals surface area contributed by atoms with Gasteiger partial charge in [-0.25, -0.2) is 0 Å². The van der Waals surface area contributed by atoms with Crippen molar-refractivity contribution < 1.29 is 9.59 Å². The first kappa shape index (κ1) is 18.1. The van der Waals surface area contributed by atoms with E-state index in [0.29, 0.717) is 17.7 Å².